The van der Waals surface area contributed by atoms with Crippen LogP contribution in [0.25, 0.3) is 0 Å². The zero-order valence-corrected chi connectivity index (χ0v) is 14.0. The van der Waals surface area contributed by atoms with Gasteiger partial charge in [-0.05, 0) is 38.2 Å². The maximum absolute atomic E-state index is 12.5. The normalized spacial score (nSPS) is 22.5. The second-order valence-corrected chi connectivity index (χ2v) is 6.89. The zero-order chi connectivity index (χ0) is 16.2. The number of amides is 1. The Morgan fingerprint density at radius 2 is 2.22 bits per heavy atom. The Bertz CT molecular complexity index is 526. The lowest BCUT2D eigenvalue weighted by atomic mass is 10.1. The lowest BCUT2D eigenvalue weighted by molar-refractivity contribution is -0.134. The summed E-state index contributed by atoms with van der Waals surface area (Å²) in [5, 5.41) is 13.6. The molecule has 1 aromatic heterocycles. The van der Waals surface area contributed by atoms with Gasteiger partial charge in [0.1, 0.15) is 0 Å². The summed E-state index contributed by atoms with van der Waals surface area (Å²) in [4.78, 5) is 17.0. The molecule has 1 atom stereocenters. The molecule has 6 nitrogen and oxygen atoms in total. The lowest BCUT2D eigenvalue weighted by Gasteiger charge is -2.41. The van der Waals surface area contributed by atoms with E-state index in [0.29, 0.717) is 19.0 Å². The minimum Gasteiger partial charge on any atom is -0.396 e. The third-order valence-electron chi connectivity index (χ3n) is 5.08. The molecule has 0 aromatic carbocycles. The third kappa shape index (κ3) is 4.32. The molecule has 0 unspecified atom stereocenters. The Kier molecular flexibility index (Phi) is 5.33. The van der Waals surface area contributed by atoms with Gasteiger partial charge in [0.05, 0.1) is 0 Å². The van der Waals surface area contributed by atoms with Crippen LogP contribution in [0.1, 0.15) is 31.4 Å². The molecule has 23 heavy (non-hydrogen) atoms. The number of carbonyl (C=O) groups is 1. The SMILES string of the molecule is Cc1ccnn1CCC(=O)N1CCN(CC2CC2)[C@H](CCO)C1. The Labute approximate surface area is 138 Å². The number of carbonyl (C=O) groups excluding carboxylic acids is 1. The van der Waals surface area contributed by atoms with Gasteiger partial charge in [-0.25, -0.2) is 0 Å². The van der Waals surface area contributed by atoms with Crippen LogP contribution in [0.5, 0.6) is 0 Å². The molecule has 1 aliphatic carbocycles. The van der Waals surface area contributed by atoms with Gasteiger partial charge < -0.3 is 10.0 Å². The fourth-order valence-electron chi connectivity index (χ4n) is 3.41. The van der Waals surface area contributed by atoms with Crippen LogP contribution in [-0.4, -0.2) is 69.4 Å². The van der Waals surface area contributed by atoms with Crippen LogP contribution < -0.4 is 0 Å². The average molecular weight is 320 g/mol. The summed E-state index contributed by atoms with van der Waals surface area (Å²) < 4.78 is 1.88. The van der Waals surface area contributed by atoms with E-state index in [-0.39, 0.29) is 12.5 Å². The van der Waals surface area contributed by atoms with Gasteiger partial charge in [0.15, 0.2) is 0 Å². The van der Waals surface area contributed by atoms with E-state index < -0.39 is 0 Å². The van der Waals surface area contributed by atoms with E-state index in [0.717, 1.165) is 44.2 Å². The number of rotatable bonds is 7. The van der Waals surface area contributed by atoms with E-state index in [1.807, 2.05) is 22.6 Å². The summed E-state index contributed by atoms with van der Waals surface area (Å²) in [5.41, 5.74) is 1.09. The summed E-state index contributed by atoms with van der Waals surface area (Å²) in [5.74, 6) is 1.05. The maximum atomic E-state index is 12.5. The second-order valence-electron chi connectivity index (χ2n) is 6.89. The van der Waals surface area contributed by atoms with E-state index in [4.69, 9.17) is 0 Å². The minimum atomic E-state index is 0.195. The molecule has 0 bridgehead atoms. The van der Waals surface area contributed by atoms with Gasteiger partial charge >= 0.3 is 0 Å². The van der Waals surface area contributed by atoms with E-state index in [2.05, 4.69) is 10.00 Å². The molecule has 1 amide bonds. The highest BCUT2D eigenvalue weighted by Gasteiger charge is 2.33. The largest absolute Gasteiger partial charge is 0.396 e. The number of nitrogens with zero attached hydrogens (tertiary/aromatic N) is 4. The Morgan fingerprint density at radius 1 is 1.39 bits per heavy atom. The number of hydrogen-bond acceptors (Lipinski definition) is 4. The fraction of sp³-hybridized carbons (Fsp3) is 0.765. The highest BCUT2D eigenvalue weighted by atomic mass is 16.3. The van der Waals surface area contributed by atoms with Gasteiger partial charge in [0.2, 0.25) is 5.91 Å². The molecule has 2 aliphatic rings. The van der Waals surface area contributed by atoms with Gasteiger partial charge in [0.25, 0.3) is 0 Å². The first-order valence-corrected chi connectivity index (χ1v) is 8.78. The molecule has 0 radical (unpaired) electrons. The molecular formula is C17H28N4O2. The molecular weight excluding hydrogens is 292 g/mol. The van der Waals surface area contributed by atoms with Gasteiger partial charge in [-0.2, -0.15) is 5.10 Å². The Balaban J connectivity index is 1.51. The molecule has 0 spiro atoms. The van der Waals surface area contributed by atoms with Crippen molar-refractivity contribution >= 4 is 5.91 Å². The van der Waals surface area contributed by atoms with Crippen molar-refractivity contribution in [2.75, 3.05) is 32.8 Å². The minimum absolute atomic E-state index is 0.195. The van der Waals surface area contributed by atoms with Crippen molar-refractivity contribution < 1.29 is 9.90 Å². The second kappa shape index (κ2) is 7.45. The van der Waals surface area contributed by atoms with Gasteiger partial charge in [-0.3, -0.25) is 14.4 Å². The average Bonchev–Trinajstić information content (AvgIpc) is 3.27. The number of aliphatic hydroxyl groups is 1. The topological polar surface area (TPSA) is 61.6 Å². The first kappa shape index (κ1) is 16.5. The molecule has 1 aliphatic heterocycles. The van der Waals surface area contributed by atoms with Crippen LogP contribution in [0.3, 0.4) is 0 Å². The van der Waals surface area contributed by atoms with Crippen LogP contribution in [0.15, 0.2) is 12.3 Å². The lowest BCUT2D eigenvalue weighted by Crippen LogP contribution is -2.55. The highest BCUT2D eigenvalue weighted by molar-refractivity contribution is 5.76. The first-order valence-electron chi connectivity index (χ1n) is 8.78. The summed E-state index contributed by atoms with van der Waals surface area (Å²) in [7, 11) is 0. The molecule has 1 N–H and O–H groups in total. The fourth-order valence-corrected chi connectivity index (χ4v) is 3.41. The molecule has 6 heteroatoms. The van der Waals surface area contributed by atoms with Crippen molar-refractivity contribution in [2.45, 2.75) is 45.2 Å². The number of aliphatic hydroxyl groups excluding tert-OH is 1. The van der Waals surface area contributed by atoms with Crippen LogP contribution in [-0.2, 0) is 11.3 Å². The van der Waals surface area contributed by atoms with E-state index in [9.17, 15) is 9.90 Å². The maximum Gasteiger partial charge on any atom is 0.224 e. The molecule has 3 rings (SSSR count). The summed E-state index contributed by atoms with van der Waals surface area (Å²) in [6, 6.07) is 2.27. The molecule has 2 fully saturated rings. The molecule has 1 aromatic rings. The predicted molar refractivity (Wildman–Crippen MR) is 87.9 cm³/mol. The summed E-state index contributed by atoms with van der Waals surface area (Å²) >= 11 is 0. The van der Waals surface area contributed by atoms with Gasteiger partial charge in [0, 0.05) is 63.7 Å². The van der Waals surface area contributed by atoms with E-state index in [1.54, 1.807) is 6.20 Å². The Hall–Kier alpha value is -1.40. The van der Waals surface area contributed by atoms with Crippen molar-refractivity contribution in [3.63, 3.8) is 0 Å². The number of aryl methyl sites for hydroxylation is 2. The number of hydrogen-bond donors (Lipinski definition) is 1. The smallest absolute Gasteiger partial charge is 0.224 e. The molecule has 2 heterocycles. The van der Waals surface area contributed by atoms with Crippen molar-refractivity contribution in [3.8, 4) is 0 Å². The predicted octanol–water partition coefficient (Wildman–Crippen LogP) is 0.887. The van der Waals surface area contributed by atoms with Crippen molar-refractivity contribution in [2.24, 2.45) is 5.92 Å². The van der Waals surface area contributed by atoms with Crippen LogP contribution >= 0.6 is 0 Å². The van der Waals surface area contributed by atoms with Gasteiger partial charge in [-0.1, -0.05) is 0 Å². The van der Waals surface area contributed by atoms with Crippen LogP contribution in [0.2, 0.25) is 0 Å². The van der Waals surface area contributed by atoms with E-state index in [1.165, 1.54) is 12.8 Å². The van der Waals surface area contributed by atoms with Gasteiger partial charge in [-0.15, -0.1) is 0 Å². The standard InChI is InChI=1S/C17H28N4O2/c1-14-4-7-18-21(14)8-5-17(23)20-10-9-19(12-15-2-3-15)16(13-20)6-11-22/h4,7,15-16,22H,2-3,5-6,8-13H2,1H3/t16-/m1/s1. The molecule has 128 valence electrons. The zero-order valence-electron chi connectivity index (χ0n) is 14.0. The number of piperazine rings is 1. The highest BCUT2D eigenvalue weighted by Crippen LogP contribution is 2.31. The third-order valence-corrected chi connectivity index (χ3v) is 5.08. The molecule has 1 saturated carbocycles. The molecule has 1 saturated heterocycles. The van der Waals surface area contributed by atoms with Crippen molar-refractivity contribution in [3.05, 3.63) is 18.0 Å². The van der Waals surface area contributed by atoms with E-state index >= 15 is 0 Å². The quantitative estimate of drug-likeness (QED) is 0.810. The Morgan fingerprint density at radius 3 is 2.87 bits per heavy atom. The summed E-state index contributed by atoms with van der Waals surface area (Å²) in [6.07, 6.45) is 5.71. The van der Waals surface area contributed by atoms with Crippen molar-refractivity contribution in [1.82, 2.24) is 19.6 Å². The monoisotopic (exact) mass is 320 g/mol. The first-order chi connectivity index (χ1) is 11.2. The summed E-state index contributed by atoms with van der Waals surface area (Å²) in [6.45, 7) is 6.49. The van der Waals surface area contributed by atoms with Crippen LogP contribution in [0, 0.1) is 12.8 Å². The van der Waals surface area contributed by atoms with Crippen LogP contribution in [0.4, 0.5) is 0 Å². The number of aromatic nitrogens is 2. The van der Waals surface area contributed by atoms with Crippen molar-refractivity contribution in [1.29, 1.82) is 0 Å².